The number of imidazole rings is 1. The SMILES string of the molecule is CCC(=O)NCCCCNCCCNC(=O)c1csc(-c2csc(CCNC(=O)[C@@H](NC(=O)[C@@H](C)[C@H](O)[C@@H](C)NC(=O)[C@@H](NC(=O)c3nc([C@H](CC(N)=O)NC[C@H](N)C(N)=O)nc(N)c3C)[C@@H](O[C@@H]3OC(CO)[C@@H](O)C(O)C3C[C@H]3OC(CO)[C@@H](O)C(OC(N)=O)[C@H]3O)c3c[nH]cn3)[C@@H](C)O)n2)n1. The Hall–Kier alpha value is -8.18. The van der Waals surface area contributed by atoms with Crippen LogP contribution in [0.25, 0.3) is 10.7 Å². The summed E-state index contributed by atoms with van der Waals surface area (Å²) in [5, 5.41) is 115. The molecule has 6 rings (SSSR count). The molecule has 103 heavy (non-hydrogen) atoms. The molecular formula is C61H95N19O21S2. The van der Waals surface area contributed by atoms with Crippen molar-refractivity contribution in [2.45, 2.75) is 183 Å². The number of thiazole rings is 2. The second-order valence-electron chi connectivity index (χ2n) is 24.7. The molecule has 572 valence electrons. The van der Waals surface area contributed by atoms with E-state index in [1.54, 1.807) is 17.7 Å². The average molecular weight is 1490 g/mol. The number of nitrogen functional groups attached to an aromatic ring is 1. The Labute approximate surface area is 598 Å². The fourth-order valence-corrected chi connectivity index (χ4v) is 12.6. The van der Waals surface area contributed by atoms with Gasteiger partial charge in [-0.05, 0) is 59.5 Å². The summed E-state index contributed by atoms with van der Waals surface area (Å²) in [6.07, 6.45) is -18.9. The number of ether oxygens (including phenoxy) is 4. The lowest BCUT2D eigenvalue weighted by molar-refractivity contribution is -0.310. The first-order valence-corrected chi connectivity index (χ1v) is 34.9. The molecule has 0 saturated carbocycles. The smallest absolute Gasteiger partial charge is 0.404 e. The monoisotopic (exact) mass is 1490 g/mol. The van der Waals surface area contributed by atoms with Gasteiger partial charge < -0.3 is 136 Å². The number of amides is 9. The predicted octanol–water partition coefficient (Wildman–Crippen LogP) is -7.02. The third-order valence-electron chi connectivity index (χ3n) is 17.0. The van der Waals surface area contributed by atoms with Gasteiger partial charge in [0.25, 0.3) is 11.8 Å². The summed E-state index contributed by atoms with van der Waals surface area (Å²) in [5.41, 5.74) is 28.1. The third kappa shape index (κ3) is 23.7. The summed E-state index contributed by atoms with van der Waals surface area (Å²) in [5.74, 6) is -10.3. The van der Waals surface area contributed by atoms with Crippen LogP contribution < -0.4 is 71.2 Å². The van der Waals surface area contributed by atoms with E-state index in [9.17, 15) is 79.2 Å². The molecule has 19 atom stereocenters. The van der Waals surface area contributed by atoms with Crippen LogP contribution in [0.3, 0.4) is 0 Å². The van der Waals surface area contributed by atoms with Gasteiger partial charge in [0.2, 0.25) is 35.4 Å². The molecule has 4 aromatic heterocycles. The van der Waals surface area contributed by atoms with Crippen molar-refractivity contribution in [1.29, 1.82) is 0 Å². The topological polar surface area (TPSA) is 659 Å². The number of aromatic amines is 1. The number of carbonyl (C=O) groups is 9. The van der Waals surface area contributed by atoms with Crippen molar-refractivity contribution >= 4 is 81.8 Å². The van der Waals surface area contributed by atoms with Crippen molar-refractivity contribution in [2.75, 3.05) is 58.2 Å². The molecule has 2 aliphatic heterocycles. The number of rotatable bonds is 41. The summed E-state index contributed by atoms with van der Waals surface area (Å²) in [6, 6.07) is -7.80. The van der Waals surface area contributed by atoms with Gasteiger partial charge in [-0.1, -0.05) is 13.8 Å². The van der Waals surface area contributed by atoms with Crippen LogP contribution in [0.4, 0.5) is 10.6 Å². The van der Waals surface area contributed by atoms with E-state index in [-0.39, 0.29) is 59.9 Å². The minimum atomic E-state index is -2.14. The van der Waals surface area contributed by atoms with Gasteiger partial charge >= 0.3 is 6.09 Å². The van der Waals surface area contributed by atoms with E-state index >= 15 is 4.79 Å². The molecule has 0 spiro atoms. The second-order valence-corrected chi connectivity index (χ2v) is 26.5. The van der Waals surface area contributed by atoms with E-state index in [0.717, 1.165) is 25.7 Å². The van der Waals surface area contributed by atoms with Crippen LogP contribution in [0, 0.1) is 18.8 Å². The highest BCUT2D eigenvalue weighted by molar-refractivity contribution is 7.14. The van der Waals surface area contributed by atoms with E-state index in [1.165, 1.54) is 56.6 Å². The van der Waals surface area contributed by atoms with E-state index in [1.807, 2.05) is 0 Å². The molecule has 0 aromatic carbocycles. The summed E-state index contributed by atoms with van der Waals surface area (Å²) in [4.78, 5) is 143. The van der Waals surface area contributed by atoms with E-state index in [4.69, 9.17) is 47.6 Å². The highest BCUT2D eigenvalue weighted by Gasteiger charge is 2.53. The number of nitrogens with one attached hydrogen (secondary N) is 9. The number of aliphatic hydroxyl groups excluding tert-OH is 8. The quantitative estimate of drug-likeness (QED) is 0.0184. The maximum Gasteiger partial charge on any atom is 0.404 e. The standard InChI is InChI=1S/C61H95N19O21S2/c1-6-39(85)69-13-8-7-11-67-12-9-14-70-55(93)33-22-103-59(76-33)34-23-102-40(75-34)10-15-71-56(94)42(28(5)83)78-54(92)26(3)44(86)27(4)74-58(96)43(79-57(95)41-25(2)51(64)80-53(77-41)31(17-38(63)84)72-18-30(62)52(65)91)49(32-19-68-24-73-32)100-60-29(45(87)46(88)36(20-81)99-60)16-35-47(89)50(101-61(66)97)48(90)37(21-82)98-35/h19,22-24,26-31,35-37,42-50,60,67,72,81-83,86-90H,6-18,20-21,62H2,1-5H3,(H2,63,84)(H2,65,91)(H2,66,97)(H,68,73)(H,69,85)(H,70,93)(H,71,94)(H,74,96)(H,78,92)(H,79,95)(H2,64,77,80)/t26-,27+,28+,29?,30-,31-,35+,36?,37?,42-,43-,44-,45?,46+,47-,48+,49-,50?,60-/m0/s1. The van der Waals surface area contributed by atoms with Gasteiger partial charge in [-0.15, -0.1) is 22.7 Å². The third-order valence-corrected chi connectivity index (χ3v) is 18.8. The highest BCUT2D eigenvalue weighted by Crippen LogP contribution is 2.38. The van der Waals surface area contributed by atoms with Crippen molar-refractivity contribution in [1.82, 2.24) is 72.4 Å². The largest absolute Gasteiger partial charge is 0.441 e. The van der Waals surface area contributed by atoms with Gasteiger partial charge in [0.05, 0.1) is 78.7 Å². The molecule has 6 heterocycles. The highest BCUT2D eigenvalue weighted by atomic mass is 32.1. The molecule has 0 aliphatic carbocycles. The van der Waals surface area contributed by atoms with Gasteiger partial charge in [0, 0.05) is 73.9 Å². The van der Waals surface area contributed by atoms with Crippen molar-refractivity contribution in [3.05, 3.63) is 56.8 Å². The molecule has 2 aliphatic rings. The van der Waals surface area contributed by atoms with Crippen LogP contribution in [0.1, 0.15) is 121 Å². The van der Waals surface area contributed by atoms with Gasteiger partial charge in [0.15, 0.2) is 12.4 Å². The Bertz CT molecular complexity index is 3470. The normalized spacial score (nSPS) is 23.0. The first kappa shape index (κ1) is 83.8. The number of aliphatic hydroxyl groups is 8. The lowest BCUT2D eigenvalue weighted by Crippen LogP contribution is -2.63. The summed E-state index contributed by atoms with van der Waals surface area (Å²) >= 11 is 2.49. The maximum atomic E-state index is 15.2. The van der Waals surface area contributed by atoms with Crippen LogP contribution in [0.15, 0.2) is 23.3 Å². The fraction of sp³-hybridized carbons (Fsp3) is 0.639. The molecule has 2 fully saturated rings. The van der Waals surface area contributed by atoms with Gasteiger partial charge in [-0.2, -0.15) is 0 Å². The van der Waals surface area contributed by atoms with Crippen LogP contribution in [0.2, 0.25) is 0 Å². The van der Waals surface area contributed by atoms with Crippen LogP contribution in [-0.2, 0) is 54.1 Å². The molecule has 9 amide bonds. The Kier molecular flexibility index (Phi) is 32.7. The van der Waals surface area contributed by atoms with Gasteiger partial charge in [0.1, 0.15) is 82.4 Å². The molecule has 2 saturated heterocycles. The minimum Gasteiger partial charge on any atom is -0.441 e. The zero-order valence-electron chi connectivity index (χ0n) is 57.2. The van der Waals surface area contributed by atoms with E-state index in [2.05, 4.69) is 72.4 Å². The molecule has 27 N–H and O–H groups in total. The zero-order chi connectivity index (χ0) is 75.9. The maximum absolute atomic E-state index is 15.2. The number of nitrogens with two attached hydrogens (primary N) is 5. The molecule has 40 nitrogen and oxygen atoms in total. The number of nitrogens with zero attached hydrogens (tertiary/aromatic N) is 5. The lowest BCUT2D eigenvalue weighted by Gasteiger charge is -2.47. The number of anilines is 1. The molecule has 0 radical (unpaired) electrons. The Balaban J connectivity index is 1.19. The van der Waals surface area contributed by atoms with E-state index < -0.39 is 189 Å². The Morgan fingerprint density at radius 3 is 2.07 bits per heavy atom. The van der Waals surface area contributed by atoms with Crippen LogP contribution in [0.5, 0.6) is 0 Å². The van der Waals surface area contributed by atoms with E-state index in [0.29, 0.717) is 48.2 Å². The summed E-state index contributed by atoms with van der Waals surface area (Å²) in [7, 11) is 0. The number of carbonyl (C=O) groups excluding carboxylic acids is 9. The van der Waals surface area contributed by atoms with Crippen molar-refractivity contribution < 1.29 is 103 Å². The van der Waals surface area contributed by atoms with Crippen LogP contribution in [-0.4, -0.2) is 268 Å². The molecule has 0 bridgehead atoms. The average Bonchev–Trinajstić information content (AvgIpc) is 1.68. The molecule has 5 unspecified atom stereocenters. The van der Waals surface area contributed by atoms with Crippen molar-refractivity contribution in [2.24, 2.45) is 34.8 Å². The Morgan fingerprint density at radius 2 is 1.42 bits per heavy atom. The number of unbranched alkanes of at least 4 members (excludes halogenated alkanes) is 1. The lowest BCUT2D eigenvalue weighted by atomic mass is 9.83. The van der Waals surface area contributed by atoms with Gasteiger partial charge in [-0.25, -0.2) is 29.7 Å². The minimum absolute atomic E-state index is 0.0171. The molecular weight excluding hydrogens is 1400 g/mol. The first-order chi connectivity index (χ1) is 48.9. The molecule has 4 aromatic rings. The van der Waals surface area contributed by atoms with Gasteiger partial charge in [-0.3, -0.25) is 38.4 Å². The second kappa shape index (κ2) is 40.2. The van der Waals surface area contributed by atoms with Crippen molar-refractivity contribution in [3.63, 3.8) is 0 Å². The predicted molar refractivity (Wildman–Crippen MR) is 363 cm³/mol. The van der Waals surface area contributed by atoms with Crippen molar-refractivity contribution in [3.8, 4) is 10.7 Å². The Morgan fingerprint density at radius 1 is 0.738 bits per heavy atom. The number of hydrogen-bond donors (Lipinski definition) is 22. The first-order valence-electron chi connectivity index (χ1n) is 33.2. The summed E-state index contributed by atoms with van der Waals surface area (Å²) < 4.78 is 23.4. The number of aromatic nitrogens is 6. The number of hydrogen-bond acceptors (Lipinski definition) is 32. The number of H-pyrrole nitrogens is 1. The van der Waals surface area contributed by atoms with Crippen LogP contribution >= 0.6 is 22.7 Å². The zero-order valence-corrected chi connectivity index (χ0v) is 58.8. The summed E-state index contributed by atoms with van der Waals surface area (Å²) in [6.45, 7) is 7.12. The number of primary amides is 3. The molecule has 42 heteroatoms. The fourth-order valence-electron chi connectivity index (χ4n) is 11.0.